The molecule has 2 amide bonds. The predicted molar refractivity (Wildman–Crippen MR) is 112 cm³/mol. The highest BCUT2D eigenvalue weighted by molar-refractivity contribution is 5.88. The summed E-state index contributed by atoms with van der Waals surface area (Å²) in [6.07, 6.45) is 1.27. The second-order valence-electron chi connectivity index (χ2n) is 7.46. The number of hydrogen-bond donors (Lipinski definition) is 1. The Balaban J connectivity index is 1.57. The summed E-state index contributed by atoms with van der Waals surface area (Å²) in [6.45, 7) is 1.87. The van der Waals surface area contributed by atoms with Crippen molar-refractivity contribution in [3.05, 3.63) is 64.3 Å². The molecule has 0 bridgehead atoms. The zero-order chi connectivity index (χ0) is 22.1. The van der Waals surface area contributed by atoms with E-state index in [1.807, 2.05) is 0 Å². The molecular weight excluding hydrogens is 403 g/mol. The summed E-state index contributed by atoms with van der Waals surface area (Å²) < 4.78 is 24.6. The number of nitrogens with zero attached hydrogens (tertiary/aromatic N) is 1. The number of amides is 2. The van der Waals surface area contributed by atoms with Crippen molar-refractivity contribution >= 4 is 22.8 Å². The van der Waals surface area contributed by atoms with Crippen LogP contribution >= 0.6 is 0 Å². The van der Waals surface area contributed by atoms with E-state index in [9.17, 15) is 18.8 Å². The average Bonchev–Trinajstić information content (AvgIpc) is 3.23. The van der Waals surface area contributed by atoms with E-state index in [2.05, 4.69) is 0 Å². The highest BCUT2D eigenvalue weighted by atomic mass is 19.1. The number of carbonyl (C=O) groups excluding carboxylic acids is 2. The smallest absolute Gasteiger partial charge is 0.261 e. The first kappa shape index (κ1) is 20.6. The largest absolute Gasteiger partial charge is 0.484 e. The summed E-state index contributed by atoms with van der Waals surface area (Å²) in [7, 11) is 0. The van der Waals surface area contributed by atoms with Crippen LogP contribution in [0.25, 0.3) is 22.1 Å². The van der Waals surface area contributed by atoms with E-state index < -0.39 is 11.9 Å². The van der Waals surface area contributed by atoms with E-state index in [0.29, 0.717) is 46.6 Å². The minimum Gasteiger partial charge on any atom is -0.484 e. The van der Waals surface area contributed by atoms with E-state index in [1.54, 1.807) is 25.1 Å². The number of aryl methyl sites for hydroxylation is 1. The van der Waals surface area contributed by atoms with Gasteiger partial charge in [-0.3, -0.25) is 14.4 Å². The number of halogens is 1. The Kier molecular flexibility index (Phi) is 5.46. The van der Waals surface area contributed by atoms with Gasteiger partial charge in [-0.1, -0.05) is 12.1 Å². The summed E-state index contributed by atoms with van der Waals surface area (Å²) in [4.78, 5) is 38.3. The molecule has 4 rings (SSSR count). The van der Waals surface area contributed by atoms with E-state index in [-0.39, 0.29) is 23.8 Å². The molecule has 0 unspecified atom stereocenters. The molecule has 0 saturated carbocycles. The second-order valence-corrected chi connectivity index (χ2v) is 7.46. The third kappa shape index (κ3) is 4.01. The van der Waals surface area contributed by atoms with Crippen LogP contribution < -0.4 is 15.9 Å². The first-order chi connectivity index (χ1) is 14.8. The van der Waals surface area contributed by atoms with Crippen LogP contribution in [0.4, 0.5) is 4.39 Å². The molecule has 0 radical (unpaired) electrons. The van der Waals surface area contributed by atoms with Crippen molar-refractivity contribution in [3.8, 4) is 16.9 Å². The Morgan fingerprint density at radius 3 is 2.68 bits per heavy atom. The number of carbonyl (C=O) groups is 2. The van der Waals surface area contributed by atoms with Gasteiger partial charge in [-0.05, 0) is 49.6 Å². The van der Waals surface area contributed by atoms with Crippen LogP contribution in [0.2, 0.25) is 0 Å². The molecular formula is C23H21FN2O5. The van der Waals surface area contributed by atoms with Gasteiger partial charge >= 0.3 is 0 Å². The molecule has 160 valence electrons. The normalized spacial score (nSPS) is 15.9. The maximum absolute atomic E-state index is 13.2. The fourth-order valence-corrected chi connectivity index (χ4v) is 3.91. The van der Waals surface area contributed by atoms with E-state index in [1.165, 1.54) is 29.2 Å². The van der Waals surface area contributed by atoms with Gasteiger partial charge in [0.05, 0.1) is 10.9 Å². The van der Waals surface area contributed by atoms with Crippen molar-refractivity contribution in [2.45, 2.75) is 25.8 Å². The fraction of sp³-hybridized carbons (Fsp3) is 0.261. The molecule has 3 aromatic rings. The molecule has 2 aromatic carbocycles. The van der Waals surface area contributed by atoms with E-state index >= 15 is 0 Å². The quantitative estimate of drug-likeness (QED) is 0.678. The Morgan fingerprint density at radius 1 is 1.23 bits per heavy atom. The summed E-state index contributed by atoms with van der Waals surface area (Å²) in [6, 6.07) is 9.72. The Hall–Kier alpha value is -3.68. The Bertz CT molecular complexity index is 1220. The number of likely N-dealkylation sites (tertiary alicyclic amines) is 1. The summed E-state index contributed by atoms with van der Waals surface area (Å²) >= 11 is 0. The molecule has 1 fully saturated rings. The van der Waals surface area contributed by atoms with Gasteiger partial charge in [0.25, 0.3) is 5.91 Å². The predicted octanol–water partition coefficient (Wildman–Crippen LogP) is 2.76. The zero-order valence-electron chi connectivity index (χ0n) is 16.9. The van der Waals surface area contributed by atoms with E-state index in [4.69, 9.17) is 14.9 Å². The van der Waals surface area contributed by atoms with Crippen molar-refractivity contribution in [1.82, 2.24) is 4.90 Å². The van der Waals surface area contributed by atoms with Crippen LogP contribution in [0, 0.1) is 12.7 Å². The molecule has 7 nitrogen and oxygen atoms in total. The Morgan fingerprint density at radius 2 is 1.97 bits per heavy atom. The maximum atomic E-state index is 13.2. The number of nitrogens with two attached hydrogens (primary N) is 1. The molecule has 2 heterocycles. The van der Waals surface area contributed by atoms with Crippen LogP contribution in [-0.2, 0) is 9.59 Å². The van der Waals surface area contributed by atoms with Crippen LogP contribution in [-0.4, -0.2) is 35.9 Å². The lowest BCUT2D eigenvalue weighted by Gasteiger charge is -2.22. The van der Waals surface area contributed by atoms with Gasteiger partial charge in [-0.25, -0.2) is 4.39 Å². The Labute approximate surface area is 177 Å². The van der Waals surface area contributed by atoms with Gasteiger partial charge in [0.15, 0.2) is 6.61 Å². The fourth-order valence-electron chi connectivity index (χ4n) is 3.91. The molecule has 1 aliphatic rings. The summed E-state index contributed by atoms with van der Waals surface area (Å²) in [5.41, 5.74) is 6.35. The molecule has 8 heteroatoms. The van der Waals surface area contributed by atoms with Crippen molar-refractivity contribution in [3.63, 3.8) is 0 Å². The van der Waals surface area contributed by atoms with Crippen molar-refractivity contribution in [1.29, 1.82) is 0 Å². The SMILES string of the molecule is Cc1oc2cc(OCC(=O)N3CCC[C@H]3C(N)=O)ccc2c(=O)c1-c1ccc(F)cc1. The van der Waals surface area contributed by atoms with Gasteiger partial charge in [0.1, 0.15) is 29.0 Å². The lowest BCUT2D eigenvalue weighted by Crippen LogP contribution is -2.45. The van der Waals surface area contributed by atoms with Crippen molar-refractivity contribution in [2.24, 2.45) is 5.73 Å². The molecule has 2 N–H and O–H groups in total. The van der Waals surface area contributed by atoms with Crippen molar-refractivity contribution < 1.29 is 23.1 Å². The standard InChI is InChI=1S/C23H21FN2O5/c1-13-21(14-4-6-15(24)7-5-14)22(28)17-9-8-16(11-19(17)31-13)30-12-20(27)26-10-2-3-18(26)23(25)29/h4-9,11,18H,2-3,10,12H2,1H3,(H2,25,29)/t18-/m0/s1. The average molecular weight is 424 g/mol. The molecule has 1 saturated heterocycles. The van der Waals surface area contributed by atoms with Gasteiger partial charge in [0, 0.05) is 12.6 Å². The minimum atomic E-state index is -0.599. The van der Waals surface area contributed by atoms with Crippen LogP contribution in [0.3, 0.4) is 0 Å². The lowest BCUT2D eigenvalue weighted by molar-refractivity contribution is -0.138. The lowest BCUT2D eigenvalue weighted by atomic mass is 10.0. The molecule has 0 spiro atoms. The van der Waals surface area contributed by atoms with Crippen LogP contribution in [0.1, 0.15) is 18.6 Å². The van der Waals surface area contributed by atoms with Gasteiger partial charge < -0.3 is 19.8 Å². The highest BCUT2D eigenvalue weighted by Crippen LogP contribution is 2.27. The maximum Gasteiger partial charge on any atom is 0.261 e. The molecule has 0 aliphatic carbocycles. The third-order valence-electron chi connectivity index (χ3n) is 5.44. The van der Waals surface area contributed by atoms with Gasteiger partial charge in [0.2, 0.25) is 11.3 Å². The summed E-state index contributed by atoms with van der Waals surface area (Å²) in [5.74, 6) is -0.498. The number of benzene rings is 2. The first-order valence-electron chi connectivity index (χ1n) is 9.90. The molecule has 1 atom stereocenters. The number of fused-ring (bicyclic) bond motifs is 1. The van der Waals surface area contributed by atoms with E-state index in [0.717, 1.165) is 6.42 Å². The minimum absolute atomic E-state index is 0.241. The topological polar surface area (TPSA) is 103 Å². The monoisotopic (exact) mass is 424 g/mol. The molecule has 1 aliphatic heterocycles. The van der Waals surface area contributed by atoms with Crippen molar-refractivity contribution in [2.75, 3.05) is 13.2 Å². The van der Waals surface area contributed by atoms with Crippen LogP contribution in [0.15, 0.2) is 51.7 Å². The second kappa shape index (κ2) is 8.22. The van der Waals surface area contributed by atoms with Crippen LogP contribution in [0.5, 0.6) is 5.75 Å². The third-order valence-corrected chi connectivity index (χ3v) is 5.44. The number of primary amides is 1. The molecule has 31 heavy (non-hydrogen) atoms. The summed E-state index contributed by atoms with van der Waals surface area (Å²) in [5, 5.41) is 0.344. The van der Waals surface area contributed by atoms with Gasteiger partial charge in [-0.2, -0.15) is 0 Å². The number of ether oxygens (including phenoxy) is 1. The number of hydrogen-bond acceptors (Lipinski definition) is 5. The molecule has 1 aromatic heterocycles. The number of rotatable bonds is 5. The zero-order valence-corrected chi connectivity index (χ0v) is 16.9. The first-order valence-corrected chi connectivity index (χ1v) is 9.90. The highest BCUT2D eigenvalue weighted by Gasteiger charge is 2.32. The van der Waals surface area contributed by atoms with Gasteiger partial charge in [-0.15, -0.1) is 0 Å².